The van der Waals surface area contributed by atoms with Gasteiger partial charge in [-0.25, -0.2) is 9.36 Å². The van der Waals surface area contributed by atoms with E-state index in [4.69, 9.17) is 15.9 Å². The smallest absolute Gasteiger partial charge is 0.333 e. The topological polar surface area (TPSA) is 137 Å². The Morgan fingerprint density at radius 3 is 2.75 bits per heavy atom. The van der Waals surface area contributed by atoms with Gasteiger partial charge in [-0.3, -0.25) is 29.3 Å². The maximum Gasteiger partial charge on any atom is 0.333 e. The van der Waals surface area contributed by atoms with E-state index in [2.05, 4.69) is 21.2 Å². The number of H-pyrrole nitrogens is 1. The van der Waals surface area contributed by atoms with Crippen molar-refractivity contribution in [1.29, 1.82) is 0 Å². The van der Waals surface area contributed by atoms with Gasteiger partial charge in [0.15, 0.2) is 17.4 Å². The van der Waals surface area contributed by atoms with E-state index in [-0.39, 0.29) is 35.7 Å². The number of ether oxygens (including phenoxy) is 2. The minimum atomic E-state index is -1.01. The Bertz CT molecular complexity index is 1190. The van der Waals surface area contributed by atoms with Crippen LogP contribution < -0.4 is 16.6 Å². The summed E-state index contributed by atoms with van der Waals surface area (Å²) in [6.45, 7) is 4.37. The van der Waals surface area contributed by atoms with Gasteiger partial charge in [0.05, 0.1) is 12.6 Å². The number of nitrogens with one attached hydrogen (secondary N) is 2. The monoisotopic (exact) mass is 463 g/mol. The third kappa shape index (κ3) is 4.58. The summed E-state index contributed by atoms with van der Waals surface area (Å²) in [5.41, 5.74) is -1.37. The van der Waals surface area contributed by atoms with Crippen molar-refractivity contribution >= 4 is 40.8 Å². The molecule has 3 rings (SSSR count). The van der Waals surface area contributed by atoms with Crippen LogP contribution in [0.25, 0.3) is 11.2 Å². The number of hydrogen-bond acceptors (Lipinski definition) is 8. The van der Waals surface area contributed by atoms with Crippen LogP contribution >= 0.6 is 11.8 Å². The average Bonchev–Trinajstić information content (AvgIpc) is 3.20. The van der Waals surface area contributed by atoms with Crippen LogP contribution in [0.15, 0.2) is 9.59 Å². The van der Waals surface area contributed by atoms with Crippen molar-refractivity contribution in [2.75, 3.05) is 17.3 Å². The number of imidazole rings is 1. The molecular weight excluding hydrogens is 438 g/mol. The first-order chi connectivity index (χ1) is 15.2. The first-order valence-electron chi connectivity index (χ1n) is 9.95. The van der Waals surface area contributed by atoms with E-state index >= 15 is 0 Å². The van der Waals surface area contributed by atoms with Crippen LogP contribution in [0.3, 0.4) is 0 Å². The summed E-state index contributed by atoms with van der Waals surface area (Å²) in [6, 6.07) is 0. The van der Waals surface area contributed by atoms with E-state index in [0.29, 0.717) is 6.42 Å². The second kappa shape index (κ2) is 9.62. The molecule has 1 amide bonds. The number of nitrogens with zero attached hydrogens (tertiary/aromatic N) is 3. The minimum Gasteiger partial charge on any atom is -0.458 e. The molecule has 2 N–H and O–H groups in total. The summed E-state index contributed by atoms with van der Waals surface area (Å²) in [5.74, 6) is 2.18. The number of carbonyl (C=O) groups is 2. The molecule has 3 heterocycles. The van der Waals surface area contributed by atoms with Gasteiger partial charge < -0.3 is 9.47 Å². The van der Waals surface area contributed by atoms with E-state index in [1.807, 2.05) is 13.2 Å². The fourth-order valence-corrected chi connectivity index (χ4v) is 4.57. The molecule has 0 bridgehead atoms. The number of hydrogen-bond donors (Lipinski definition) is 2. The van der Waals surface area contributed by atoms with Crippen LogP contribution in [-0.2, 0) is 25.6 Å². The standard InChI is InChI=1S/C20H25N5O6S/c1-6-7-24-15-16(22-19(21-11(3)26)23-17(15)28)25(20(24)29)18-14(30-12(4)27)8-13(31-18)10(2)9-32-5/h1,10,13-14,18H,7-9H2,2-5H3,(H2,21,22,23,26,28)/t10-,13-,14+,18+/m0/s1. The Labute approximate surface area is 187 Å². The highest BCUT2D eigenvalue weighted by Crippen LogP contribution is 2.36. The Kier molecular flexibility index (Phi) is 7.10. The zero-order chi connectivity index (χ0) is 23.6. The minimum absolute atomic E-state index is 0.0296. The second-order valence-electron chi connectivity index (χ2n) is 7.59. The van der Waals surface area contributed by atoms with Crippen molar-refractivity contribution in [3.8, 4) is 12.3 Å². The first-order valence-corrected chi connectivity index (χ1v) is 11.3. The molecule has 1 aliphatic rings. The molecule has 1 aliphatic heterocycles. The van der Waals surface area contributed by atoms with Crippen molar-refractivity contribution < 1.29 is 19.1 Å². The second-order valence-corrected chi connectivity index (χ2v) is 8.50. The van der Waals surface area contributed by atoms with Crippen LogP contribution in [0.2, 0.25) is 0 Å². The SMILES string of the molecule is C#CCn1c(=O)n([C@@H]2O[C@H]([C@@H](C)CSC)C[C@H]2OC(C)=O)c2nc(NC(C)=O)[nH]c(=O)c21. The summed E-state index contributed by atoms with van der Waals surface area (Å²) < 4.78 is 13.9. The van der Waals surface area contributed by atoms with Gasteiger partial charge in [-0.2, -0.15) is 16.7 Å². The van der Waals surface area contributed by atoms with Crippen LogP contribution in [0.4, 0.5) is 5.95 Å². The number of carbonyl (C=O) groups excluding carboxylic acids is 2. The van der Waals surface area contributed by atoms with Gasteiger partial charge in [-0.05, 0) is 17.9 Å². The molecule has 1 saturated heterocycles. The molecule has 32 heavy (non-hydrogen) atoms. The van der Waals surface area contributed by atoms with Crippen LogP contribution in [0, 0.1) is 18.3 Å². The highest BCUT2D eigenvalue weighted by atomic mass is 32.2. The van der Waals surface area contributed by atoms with Crippen LogP contribution in [-0.4, -0.2) is 55.2 Å². The predicted octanol–water partition coefficient (Wildman–Crippen LogP) is 0.696. The summed E-state index contributed by atoms with van der Waals surface area (Å²) >= 11 is 1.65. The lowest BCUT2D eigenvalue weighted by Crippen LogP contribution is -2.33. The summed E-state index contributed by atoms with van der Waals surface area (Å²) in [6.07, 6.45) is 5.69. The molecule has 0 aromatic carbocycles. The van der Waals surface area contributed by atoms with Gasteiger partial charge in [-0.1, -0.05) is 12.8 Å². The van der Waals surface area contributed by atoms with E-state index in [0.717, 1.165) is 10.3 Å². The van der Waals surface area contributed by atoms with Gasteiger partial charge >= 0.3 is 11.7 Å². The number of fused-ring (bicyclic) bond motifs is 1. The number of aromatic amines is 1. The number of thioether (sulfide) groups is 1. The molecule has 1 fully saturated rings. The normalized spacial score (nSPS) is 21.3. The van der Waals surface area contributed by atoms with Crippen molar-refractivity contribution in [2.24, 2.45) is 5.92 Å². The number of terminal acetylenes is 1. The Morgan fingerprint density at radius 2 is 2.16 bits per heavy atom. The number of aromatic nitrogens is 4. The van der Waals surface area contributed by atoms with E-state index in [1.54, 1.807) is 11.8 Å². The van der Waals surface area contributed by atoms with E-state index in [9.17, 15) is 19.2 Å². The molecule has 4 atom stereocenters. The zero-order valence-electron chi connectivity index (χ0n) is 18.2. The Balaban J connectivity index is 2.21. The van der Waals surface area contributed by atoms with Gasteiger partial charge in [0, 0.05) is 20.3 Å². The molecule has 11 nitrogen and oxygen atoms in total. The first kappa shape index (κ1) is 23.6. The highest BCUT2D eigenvalue weighted by molar-refractivity contribution is 7.98. The molecule has 172 valence electrons. The van der Waals surface area contributed by atoms with Gasteiger partial charge in [-0.15, -0.1) is 6.42 Å². The number of amides is 1. The fourth-order valence-electron chi connectivity index (χ4n) is 3.83. The van der Waals surface area contributed by atoms with Crippen molar-refractivity contribution in [3.05, 3.63) is 20.8 Å². The van der Waals surface area contributed by atoms with Gasteiger partial charge in [0.25, 0.3) is 5.56 Å². The van der Waals surface area contributed by atoms with Gasteiger partial charge in [0.2, 0.25) is 11.9 Å². The molecule has 2 aromatic heterocycles. The Morgan fingerprint density at radius 1 is 1.44 bits per heavy atom. The van der Waals surface area contributed by atoms with Crippen molar-refractivity contribution in [1.82, 2.24) is 19.1 Å². The number of esters is 1. The summed E-state index contributed by atoms with van der Waals surface area (Å²) in [4.78, 5) is 56.0. The quantitative estimate of drug-likeness (QED) is 0.452. The van der Waals surface area contributed by atoms with Crippen molar-refractivity contribution in [2.45, 2.75) is 52.2 Å². The molecule has 0 unspecified atom stereocenters. The third-order valence-electron chi connectivity index (χ3n) is 5.09. The zero-order valence-corrected chi connectivity index (χ0v) is 19.0. The average molecular weight is 464 g/mol. The maximum absolute atomic E-state index is 13.3. The summed E-state index contributed by atoms with van der Waals surface area (Å²) in [5, 5.41) is 2.40. The molecule has 0 spiro atoms. The number of rotatable bonds is 7. The molecular formula is C20H25N5O6S. The van der Waals surface area contributed by atoms with Crippen molar-refractivity contribution in [3.63, 3.8) is 0 Å². The van der Waals surface area contributed by atoms with E-state index in [1.165, 1.54) is 18.4 Å². The number of anilines is 1. The molecule has 0 radical (unpaired) electrons. The lowest BCUT2D eigenvalue weighted by molar-refractivity contribution is -0.152. The molecule has 2 aromatic rings. The molecule has 0 saturated carbocycles. The predicted molar refractivity (Wildman–Crippen MR) is 119 cm³/mol. The third-order valence-corrected chi connectivity index (χ3v) is 5.95. The maximum atomic E-state index is 13.3. The Hall–Kier alpha value is -3.04. The van der Waals surface area contributed by atoms with E-state index < -0.39 is 35.5 Å². The van der Waals surface area contributed by atoms with Crippen LogP contribution in [0.1, 0.15) is 33.4 Å². The van der Waals surface area contributed by atoms with Crippen LogP contribution in [0.5, 0.6) is 0 Å². The lowest BCUT2D eigenvalue weighted by atomic mass is 10.0. The molecule has 12 heteroatoms. The largest absolute Gasteiger partial charge is 0.458 e. The highest BCUT2D eigenvalue weighted by Gasteiger charge is 2.43. The fraction of sp³-hybridized carbons (Fsp3) is 0.550. The van der Waals surface area contributed by atoms with Gasteiger partial charge in [0.1, 0.15) is 6.10 Å². The lowest BCUT2D eigenvalue weighted by Gasteiger charge is -2.20. The molecule has 0 aliphatic carbocycles. The summed E-state index contributed by atoms with van der Waals surface area (Å²) in [7, 11) is 0.